The van der Waals surface area contributed by atoms with Crippen molar-refractivity contribution in [1.82, 2.24) is 10.2 Å². The Morgan fingerprint density at radius 3 is 2.39 bits per heavy atom. The molecule has 0 spiro atoms. The van der Waals surface area contributed by atoms with Crippen molar-refractivity contribution in [3.8, 4) is 0 Å². The van der Waals surface area contributed by atoms with Crippen LogP contribution in [0, 0.1) is 17.8 Å². The summed E-state index contributed by atoms with van der Waals surface area (Å²) >= 11 is 0. The number of hydrogen-bond donors (Lipinski definition) is 1. The average molecular weight is 250 g/mol. The van der Waals surface area contributed by atoms with Crippen LogP contribution in [0.3, 0.4) is 0 Å². The number of nitrogens with one attached hydrogen (secondary N) is 1. The fraction of sp³-hybridized carbons (Fsp3) is 0.714. The fourth-order valence-electron chi connectivity index (χ4n) is 2.94. The second-order valence-electron chi connectivity index (χ2n) is 6.24. The topological polar surface area (TPSA) is 49.4 Å². The minimum atomic E-state index is -0.356. The van der Waals surface area contributed by atoms with Crippen LogP contribution in [-0.2, 0) is 9.59 Å². The molecule has 3 aliphatic rings. The monoisotopic (exact) mass is 250 g/mol. The Morgan fingerprint density at radius 1 is 1.39 bits per heavy atom. The van der Waals surface area contributed by atoms with Gasteiger partial charge in [0.25, 0.3) is 0 Å². The van der Waals surface area contributed by atoms with Crippen molar-refractivity contribution in [2.24, 2.45) is 17.8 Å². The van der Waals surface area contributed by atoms with Gasteiger partial charge in [-0.15, -0.1) is 0 Å². The van der Waals surface area contributed by atoms with E-state index in [4.69, 9.17) is 0 Å². The molecule has 18 heavy (non-hydrogen) atoms. The zero-order valence-corrected chi connectivity index (χ0v) is 11.4. The van der Waals surface area contributed by atoms with E-state index < -0.39 is 0 Å². The molecule has 100 valence electrons. The molecule has 1 N–H and O–H groups in total. The van der Waals surface area contributed by atoms with Crippen LogP contribution in [0.5, 0.6) is 0 Å². The van der Waals surface area contributed by atoms with Gasteiger partial charge in [-0.25, -0.2) is 0 Å². The summed E-state index contributed by atoms with van der Waals surface area (Å²) in [6.07, 6.45) is 1.97. The van der Waals surface area contributed by atoms with E-state index >= 15 is 0 Å². The van der Waals surface area contributed by atoms with Gasteiger partial charge in [-0.3, -0.25) is 9.59 Å². The first kappa shape index (κ1) is 13.1. The number of amides is 2. The van der Waals surface area contributed by atoms with Gasteiger partial charge in [0.1, 0.15) is 0 Å². The fourth-order valence-corrected chi connectivity index (χ4v) is 2.94. The molecule has 1 saturated carbocycles. The molecule has 4 nitrogen and oxygen atoms in total. The number of carbonyl (C=O) groups is 2. The Balaban J connectivity index is 1.97. The maximum Gasteiger partial charge on any atom is 0.224 e. The highest BCUT2D eigenvalue weighted by atomic mass is 16.2. The Hall–Kier alpha value is -1.32. The molecule has 0 aromatic carbocycles. The molecule has 0 aromatic heterocycles. The predicted molar refractivity (Wildman–Crippen MR) is 69.8 cm³/mol. The molecule has 3 fully saturated rings. The van der Waals surface area contributed by atoms with Crippen LogP contribution < -0.4 is 5.32 Å². The van der Waals surface area contributed by atoms with E-state index in [-0.39, 0.29) is 17.4 Å². The molecule has 2 unspecified atom stereocenters. The molecule has 2 heterocycles. The van der Waals surface area contributed by atoms with E-state index in [1.54, 1.807) is 4.90 Å². The van der Waals surface area contributed by atoms with Gasteiger partial charge in [-0.2, -0.15) is 0 Å². The van der Waals surface area contributed by atoms with Crippen molar-refractivity contribution >= 4 is 12.3 Å². The third kappa shape index (κ3) is 2.16. The Bertz CT molecular complexity index is 377. The lowest BCUT2D eigenvalue weighted by atomic mass is 9.61. The van der Waals surface area contributed by atoms with Crippen molar-refractivity contribution in [3.05, 3.63) is 12.2 Å². The van der Waals surface area contributed by atoms with E-state index in [9.17, 15) is 9.59 Å². The van der Waals surface area contributed by atoms with Crippen molar-refractivity contribution < 1.29 is 9.59 Å². The number of rotatable bonds is 4. The van der Waals surface area contributed by atoms with Crippen molar-refractivity contribution in [2.45, 2.75) is 32.7 Å². The van der Waals surface area contributed by atoms with Crippen molar-refractivity contribution in [3.63, 3.8) is 0 Å². The smallest absolute Gasteiger partial charge is 0.224 e. The van der Waals surface area contributed by atoms with Crippen LogP contribution in [0.2, 0.25) is 0 Å². The van der Waals surface area contributed by atoms with E-state index in [0.717, 1.165) is 31.5 Å². The lowest BCUT2D eigenvalue weighted by Crippen LogP contribution is -2.61. The van der Waals surface area contributed by atoms with Gasteiger partial charge < -0.3 is 10.2 Å². The molecule has 2 bridgehead atoms. The summed E-state index contributed by atoms with van der Waals surface area (Å²) in [6, 6.07) is 0. The van der Waals surface area contributed by atoms with E-state index in [2.05, 4.69) is 11.9 Å². The first-order valence-corrected chi connectivity index (χ1v) is 6.52. The van der Waals surface area contributed by atoms with Gasteiger partial charge in [0, 0.05) is 19.0 Å². The largest absolute Gasteiger partial charge is 0.347 e. The van der Waals surface area contributed by atoms with Gasteiger partial charge in [0.05, 0.1) is 5.54 Å². The van der Waals surface area contributed by atoms with Crippen LogP contribution in [-0.4, -0.2) is 35.8 Å². The van der Waals surface area contributed by atoms with Gasteiger partial charge in [-0.05, 0) is 39.0 Å². The first-order valence-electron chi connectivity index (χ1n) is 6.52. The molecule has 0 radical (unpaired) electrons. The summed E-state index contributed by atoms with van der Waals surface area (Å²) in [6.45, 7) is 11.2. The second kappa shape index (κ2) is 4.41. The summed E-state index contributed by atoms with van der Waals surface area (Å²) in [5.41, 5.74) is 0.598. The molecule has 3 rings (SSSR count). The molecule has 2 atom stereocenters. The van der Waals surface area contributed by atoms with E-state index in [1.807, 2.05) is 20.8 Å². The van der Waals surface area contributed by atoms with Crippen LogP contribution in [0.25, 0.3) is 0 Å². The van der Waals surface area contributed by atoms with E-state index in [1.165, 1.54) is 0 Å². The minimum Gasteiger partial charge on any atom is -0.347 e. The molecule has 1 aliphatic carbocycles. The average Bonchev–Trinajstić information content (AvgIpc) is 2.27. The molecule has 2 aliphatic heterocycles. The summed E-state index contributed by atoms with van der Waals surface area (Å²) in [5, 5.41) is 3.07. The van der Waals surface area contributed by atoms with Crippen LogP contribution >= 0.6 is 0 Å². The van der Waals surface area contributed by atoms with Gasteiger partial charge in [0.15, 0.2) is 0 Å². The highest BCUT2D eigenvalue weighted by Gasteiger charge is 2.50. The minimum absolute atomic E-state index is 0.0832. The predicted octanol–water partition coefficient (Wildman–Crippen LogP) is 1.18. The third-order valence-electron chi connectivity index (χ3n) is 4.51. The zero-order chi connectivity index (χ0) is 13.5. The van der Waals surface area contributed by atoms with Gasteiger partial charge in [-0.1, -0.05) is 12.2 Å². The molecular formula is C14H22N2O2. The summed E-state index contributed by atoms with van der Waals surface area (Å²) < 4.78 is 0. The Kier molecular flexibility index (Phi) is 3.21. The molecular weight excluding hydrogens is 228 g/mol. The van der Waals surface area contributed by atoms with Crippen LogP contribution in [0.15, 0.2) is 12.2 Å². The third-order valence-corrected chi connectivity index (χ3v) is 4.51. The molecule has 0 aromatic rings. The number of piperidine rings is 2. The van der Waals surface area contributed by atoms with Crippen LogP contribution in [0.1, 0.15) is 27.2 Å². The highest BCUT2D eigenvalue weighted by Crippen LogP contribution is 2.45. The molecule has 2 saturated heterocycles. The lowest BCUT2D eigenvalue weighted by molar-refractivity contribution is -0.147. The first-order chi connectivity index (χ1) is 8.35. The number of carbonyl (C=O) groups excluding carboxylic acids is 2. The highest BCUT2D eigenvalue weighted by molar-refractivity contribution is 5.81. The second-order valence-corrected chi connectivity index (χ2v) is 6.24. The van der Waals surface area contributed by atoms with E-state index in [0.29, 0.717) is 11.8 Å². The molecule has 2 amide bonds. The maximum absolute atomic E-state index is 12.3. The Morgan fingerprint density at radius 2 is 1.94 bits per heavy atom. The zero-order valence-electron chi connectivity index (χ0n) is 11.4. The quantitative estimate of drug-likeness (QED) is 0.601. The van der Waals surface area contributed by atoms with Gasteiger partial charge >= 0.3 is 0 Å². The SMILES string of the molecule is C=C(C)C(C)(C)NC(=O)C1C2CC1CN(C=O)C2. The van der Waals surface area contributed by atoms with Gasteiger partial charge in [0.2, 0.25) is 12.3 Å². The summed E-state index contributed by atoms with van der Waals surface area (Å²) in [7, 11) is 0. The Labute approximate surface area is 108 Å². The summed E-state index contributed by atoms with van der Waals surface area (Å²) in [4.78, 5) is 24.8. The number of hydrogen-bond acceptors (Lipinski definition) is 2. The van der Waals surface area contributed by atoms with Crippen molar-refractivity contribution in [1.29, 1.82) is 0 Å². The number of fused-ring (bicyclic) bond motifs is 2. The lowest BCUT2D eigenvalue weighted by Gasteiger charge is -2.52. The number of nitrogens with zero attached hydrogens (tertiary/aromatic N) is 1. The van der Waals surface area contributed by atoms with Crippen LogP contribution in [0.4, 0.5) is 0 Å². The standard InChI is InChI=1S/C14H22N2O2/c1-9(2)14(3,4)15-13(18)12-10-5-11(12)7-16(6-10)8-17/h8,10-12H,1,5-7H2,2-4H3,(H,15,18). The maximum atomic E-state index is 12.3. The molecule has 4 heteroatoms. The summed E-state index contributed by atoms with van der Waals surface area (Å²) in [5.74, 6) is 0.888. The normalized spacial score (nSPS) is 30.4. The van der Waals surface area contributed by atoms with Crippen molar-refractivity contribution in [2.75, 3.05) is 13.1 Å².